The maximum absolute atomic E-state index is 10.2. The molecule has 0 rings (SSSR count). The second-order valence-electron chi connectivity index (χ2n) is 4.75. The summed E-state index contributed by atoms with van der Waals surface area (Å²) in [4.78, 5) is 14.6. The Kier molecular flexibility index (Phi) is 10.2. The Morgan fingerprint density at radius 2 is 1.95 bits per heavy atom. The third-order valence-corrected chi connectivity index (χ3v) is 3.20. The van der Waals surface area contributed by atoms with Gasteiger partial charge in [-0.2, -0.15) is 0 Å². The predicted octanol–water partition coefficient (Wildman–Crippen LogP) is 2.70. The van der Waals surface area contributed by atoms with Gasteiger partial charge >= 0.3 is 0 Å². The van der Waals surface area contributed by atoms with Gasteiger partial charge in [-0.1, -0.05) is 25.3 Å². The smallest absolute Gasteiger partial charge is 0.207 e. The van der Waals surface area contributed by atoms with Gasteiger partial charge < -0.3 is 15.4 Å². The minimum Gasteiger partial charge on any atom is -0.496 e. The second-order valence-corrected chi connectivity index (χ2v) is 4.75. The normalized spacial score (nSPS) is 14.5. The van der Waals surface area contributed by atoms with E-state index < -0.39 is 0 Å². The second kappa shape index (κ2) is 11.4. The van der Waals surface area contributed by atoms with Gasteiger partial charge in [0.1, 0.15) is 6.61 Å². The zero-order chi connectivity index (χ0) is 17.0. The Morgan fingerprint density at radius 1 is 1.27 bits per heavy atom. The van der Waals surface area contributed by atoms with Crippen LogP contribution in [0.15, 0.2) is 52.9 Å². The van der Waals surface area contributed by atoms with Gasteiger partial charge in [-0.15, -0.1) is 0 Å². The van der Waals surface area contributed by atoms with E-state index in [0.29, 0.717) is 19.6 Å². The summed E-state index contributed by atoms with van der Waals surface area (Å²) >= 11 is 0. The van der Waals surface area contributed by atoms with Crippen LogP contribution in [0.1, 0.15) is 27.7 Å². The highest BCUT2D eigenvalue weighted by atomic mass is 16.5. The van der Waals surface area contributed by atoms with Crippen LogP contribution in [0.3, 0.4) is 0 Å². The molecule has 0 aliphatic rings. The fourth-order valence-corrected chi connectivity index (χ4v) is 1.61. The first-order valence-corrected chi connectivity index (χ1v) is 7.19. The summed E-state index contributed by atoms with van der Waals surface area (Å²) in [6.07, 6.45) is 5.84. The third-order valence-electron chi connectivity index (χ3n) is 3.20. The number of rotatable bonds is 11. The number of nitrogens with zero attached hydrogens (tertiary/aromatic N) is 1. The molecule has 0 heterocycles. The van der Waals surface area contributed by atoms with Gasteiger partial charge in [0.05, 0.1) is 24.7 Å². The highest BCUT2D eigenvalue weighted by Crippen LogP contribution is 2.14. The first kappa shape index (κ1) is 19.7. The van der Waals surface area contributed by atoms with Crippen LogP contribution in [-0.2, 0) is 9.53 Å². The van der Waals surface area contributed by atoms with E-state index in [2.05, 4.69) is 28.8 Å². The maximum Gasteiger partial charge on any atom is 0.207 e. The van der Waals surface area contributed by atoms with E-state index in [9.17, 15) is 4.79 Å². The number of hydrogen-bond acceptors (Lipinski definition) is 3. The average molecular weight is 305 g/mol. The molecule has 0 aromatic rings. The van der Waals surface area contributed by atoms with E-state index in [1.807, 2.05) is 27.7 Å². The molecule has 0 aliphatic carbocycles. The lowest BCUT2D eigenvalue weighted by atomic mass is 10.1. The lowest BCUT2D eigenvalue weighted by Gasteiger charge is -2.14. The van der Waals surface area contributed by atoms with Crippen LogP contribution in [0, 0.1) is 0 Å². The van der Waals surface area contributed by atoms with Crippen LogP contribution >= 0.6 is 0 Å². The van der Waals surface area contributed by atoms with E-state index >= 15 is 0 Å². The Labute approximate surface area is 133 Å². The zero-order valence-corrected chi connectivity index (χ0v) is 14.0. The Bertz CT molecular complexity index is 476. The van der Waals surface area contributed by atoms with Crippen molar-refractivity contribution in [2.45, 2.75) is 33.7 Å². The Balaban J connectivity index is 4.69. The Hall–Kier alpha value is -2.30. The van der Waals surface area contributed by atoms with Gasteiger partial charge in [-0.25, -0.2) is 0 Å². The number of carbonyl (C=O) groups is 1. The molecule has 0 fully saturated rings. The fraction of sp³-hybridized carbons (Fsp3) is 0.412. The lowest BCUT2D eigenvalue weighted by molar-refractivity contribution is -0.109. The topological polar surface area (TPSA) is 62.7 Å². The van der Waals surface area contributed by atoms with Gasteiger partial charge in [0.15, 0.2) is 0 Å². The van der Waals surface area contributed by atoms with Crippen molar-refractivity contribution in [3.8, 4) is 0 Å². The molecule has 0 radical (unpaired) electrons. The quantitative estimate of drug-likeness (QED) is 0.154. The summed E-state index contributed by atoms with van der Waals surface area (Å²) in [6, 6.07) is -0.0825. The molecule has 0 spiro atoms. The first-order chi connectivity index (χ1) is 10.5. The average Bonchev–Trinajstić information content (AvgIpc) is 2.51. The number of ether oxygens (including phenoxy) is 1. The summed E-state index contributed by atoms with van der Waals surface area (Å²) in [7, 11) is 0. The van der Waals surface area contributed by atoms with Crippen molar-refractivity contribution in [3.63, 3.8) is 0 Å². The minimum atomic E-state index is -0.0825. The number of hydrogen-bond donors (Lipinski definition) is 2. The number of aliphatic imine (C=N–C) groups is 1. The SMILES string of the molecule is C=C/C(=C(\C)OCCNC=O)[C@@H](C)N=CN/C(C)=C(\C)C=C. The fourth-order valence-electron chi connectivity index (χ4n) is 1.61. The number of nitrogens with one attached hydrogen (secondary N) is 2. The molecule has 0 aromatic heterocycles. The van der Waals surface area contributed by atoms with E-state index in [4.69, 9.17) is 4.74 Å². The van der Waals surface area contributed by atoms with Crippen LogP contribution in [-0.4, -0.2) is 31.9 Å². The molecule has 5 nitrogen and oxygen atoms in total. The van der Waals surface area contributed by atoms with Gasteiger partial charge in [0, 0.05) is 11.3 Å². The number of amides is 1. The molecule has 22 heavy (non-hydrogen) atoms. The predicted molar refractivity (Wildman–Crippen MR) is 92.6 cm³/mol. The van der Waals surface area contributed by atoms with Gasteiger partial charge in [-0.3, -0.25) is 9.79 Å². The summed E-state index contributed by atoms with van der Waals surface area (Å²) in [6.45, 7) is 16.2. The highest BCUT2D eigenvalue weighted by Gasteiger charge is 2.08. The van der Waals surface area contributed by atoms with Crippen LogP contribution in [0.25, 0.3) is 0 Å². The summed E-state index contributed by atoms with van der Waals surface area (Å²) in [5, 5.41) is 5.66. The molecular weight excluding hydrogens is 278 g/mol. The van der Waals surface area contributed by atoms with E-state index in [0.717, 1.165) is 22.6 Å². The monoisotopic (exact) mass is 305 g/mol. The highest BCUT2D eigenvalue weighted by molar-refractivity contribution is 5.58. The molecule has 5 heteroatoms. The zero-order valence-electron chi connectivity index (χ0n) is 14.0. The largest absolute Gasteiger partial charge is 0.496 e. The van der Waals surface area contributed by atoms with Crippen molar-refractivity contribution in [2.75, 3.05) is 13.2 Å². The number of carbonyl (C=O) groups excluding carboxylic acids is 1. The van der Waals surface area contributed by atoms with Gasteiger partial charge in [0.2, 0.25) is 6.41 Å². The number of allylic oxidation sites excluding steroid dienone is 4. The Morgan fingerprint density at radius 3 is 2.50 bits per heavy atom. The van der Waals surface area contributed by atoms with Crippen LogP contribution < -0.4 is 10.6 Å². The van der Waals surface area contributed by atoms with Crippen molar-refractivity contribution < 1.29 is 9.53 Å². The molecule has 2 N–H and O–H groups in total. The van der Waals surface area contributed by atoms with Crippen LogP contribution in [0.2, 0.25) is 0 Å². The molecule has 0 bridgehead atoms. The van der Waals surface area contributed by atoms with Crippen molar-refractivity contribution in [3.05, 3.63) is 47.9 Å². The maximum atomic E-state index is 10.2. The van der Waals surface area contributed by atoms with Crippen molar-refractivity contribution >= 4 is 12.7 Å². The lowest BCUT2D eigenvalue weighted by Crippen LogP contribution is -2.18. The third kappa shape index (κ3) is 7.47. The van der Waals surface area contributed by atoms with Gasteiger partial charge in [0.25, 0.3) is 0 Å². The molecule has 1 atom stereocenters. The van der Waals surface area contributed by atoms with Crippen molar-refractivity contribution in [2.24, 2.45) is 4.99 Å². The van der Waals surface area contributed by atoms with Crippen LogP contribution in [0.5, 0.6) is 0 Å². The van der Waals surface area contributed by atoms with Crippen molar-refractivity contribution in [1.29, 1.82) is 0 Å². The van der Waals surface area contributed by atoms with E-state index in [1.165, 1.54) is 0 Å². The standard InChI is InChI=1S/C17H27N3O2/c1-7-13(3)14(4)19-11-20-15(5)17(8-2)16(6)22-10-9-18-12-21/h7-8,11-12,15H,1-2,9-10H2,3-6H3,(H,18,21)(H,19,20)/b14-13+,17-16-/t15-/m1/s1. The molecule has 0 aliphatic heterocycles. The molecule has 0 saturated carbocycles. The minimum absolute atomic E-state index is 0.0825. The van der Waals surface area contributed by atoms with E-state index in [-0.39, 0.29) is 6.04 Å². The van der Waals surface area contributed by atoms with Crippen LogP contribution in [0.4, 0.5) is 0 Å². The molecule has 0 saturated heterocycles. The molecule has 122 valence electrons. The molecular formula is C17H27N3O2. The van der Waals surface area contributed by atoms with Gasteiger partial charge in [-0.05, 0) is 33.3 Å². The van der Waals surface area contributed by atoms with Crippen molar-refractivity contribution in [1.82, 2.24) is 10.6 Å². The first-order valence-electron chi connectivity index (χ1n) is 7.19. The molecule has 0 aromatic carbocycles. The summed E-state index contributed by atoms with van der Waals surface area (Å²) in [5.41, 5.74) is 2.98. The molecule has 0 unspecified atom stereocenters. The molecule has 1 amide bonds. The summed E-state index contributed by atoms with van der Waals surface area (Å²) < 4.78 is 5.57. The summed E-state index contributed by atoms with van der Waals surface area (Å²) in [5.74, 6) is 0.752. The van der Waals surface area contributed by atoms with E-state index in [1.54, 1.807) is 18.5 Å².